The van der Waals surface area contributed by atoms with Crippen LogP contribution in [-0.2, 0) is 6.42 Å². The molecular weight excluding hydrogens is 264 g/mol. The lowest BCUT2D eigenvalue weighted by Crippen LogP contribution is -2.23. The molecule has 1 aromatic carbocycles. The van der Waals surface area contributed by atoms with Crippen molar-refractivity contribution < 1.29 is 0 Å². The average molecular weight is 289 g/mol. The summed E-state index contributed by atoms with van der Waals surface area (Å²) in [4.78, 5) is 0. The SMILES string of the molecule is CC(C)(C)C1CCCc2c1ccc(Cl)c2/C=C/C1CC1. The molecule has 0 nitrogen and oxygen atoms in total. The topological polar surface area (TPSA) is 0 Å². The lowest BCUT2D eigenvalue weighted by Gasteiger charge is -2.36. The van der Waals surface area contributed by atoms with Gasteiger partial charge in [-0.1, -0.05) is 50.6 Å². The Hall–Kier alpha value is -0.750. The Morgan fingerprint density at radius 3 is 2.55 bits per heavy atom. The number of benzene rings is 1. The molecule has 108 valence electrons. The van der Waals surface area contributed by atoms with Gasteiger partial charge in [0.25, 0.3) is 0 Å². The fourth-order valence-corrected chi connectivity index (χ4v) is 3.74. The second-order valence-electron chi connectivity index (χ2n) is 7.54. The zero-order chi connectivity index (χ0) is 14.3. The summed E-state index contributed by atoms with van der Waals surface area (Å²) in [6, 6.07) is 4.39. The van der Waals surface area contributed by atoms with Gasteiger partial charge < -0.3 is 0 Å². The van der Waals surface area contributed by atoms with E-state index in [9.17, 15) is 0 Å². The Bertz CT molecular complexity index is 529. The fourth-order valence-electron chi connectivity index (χ4n) is 3.50. The van der Waals surface area contributed by atoms with Crippen molar-refractivity contribution in [3.05, 3.63) is 39.9 Å². The van der Waals surface area contributed by atoms with Crippen molar-refractivity contribution in [2.75, 3.05) is 0 Å². The van der Waals surface area contributed by atoms with E-state index in [1.54, 1.807) is 5.56 Å². The molecule has 1 atom stereocenters. The van der Waals surface area contributed by atoms with E-state index in [0.29, 0.717) is 11.3 Å². The standard InChI is InChI=1S/C19H25Cl/c1-19(2,3)17-6-4-5-14-15(17)11-12-18(20)16(14)10-9-13-7-8-13/h9-13,17H,4-8H2,1-3H3/b10-9+. The van der Waals surface area contributed by atoms with Gasteiger partial charge in [0, 0.05) is 5.02 Å². The van der Waals surface area contributed by atoms with E-state index >= 15 is 0 Å². The molecule has 0 radical (unpaired) electrons. The van der Waals surface area contributed by atoms with E-state index in [0.717, 1.165) is 10.9 Å². The maximum Gasteiger partial charge on any atom is 0.0481 e. The van der Waals surface area contributed by atoms with Crippen LogP contribution in [0.4, 0.5) is 0 Å². The maximum absolute atomic E-state index is 6.48. The van der Waals surface area contributed by atoms with Crippen LogP contribution in [0.15, 0.2) is 18.2 Å². The summed E-state index contributed by atoms with van der Waals surface area (Å²) in [6.45, 7) is 7.09. The summed E-state index contributed by atoms with van der Waals surface area (Å²) in [6.07, 6.45) is 11.2. The van der Waals surface area contributed by atoms with Crippen LogP contribution in [0, 0.1) is 11.3 Å². The van der Waals surface area contributed by atoms with Gasteiger partial charge in [-0.25, -0.2) is 0 Å². The van der Waals surface area contributed by atoms with E-state index in [2.05, 4.69) is 45.1 Å². The van der Waals surface area contributed by atoms with Gasteiger partial charge in [-0.2, -0.15) is 0 Å². The molecule has 2 aliphatic carbocycles. The molecule has 1 saturated carbocycles. The number of rotatable bonds is 2. The molecule has 2 aliphatic rings. The molecule has 0 spiro atoms. The molecule has 1 fully saturated rings. The van der Waals surface area contributed by atoms with E-state index in [1.165, 1.54) is 43.2 Å². The quantitative estimate of drug-likeness (QED) is 0.605. The van der Waals surface area contributed by atoms with Crippen LogP contribution in [-0.4, -0.2) is 0 Å². The minimum absolute atomic E-state index is 0.334. The second-order valence-corrected chi connectivity index (χ2v) is 7.94. The summed E-state index contributed by atoms with van der Waals surface area (Å²) in [7, 11) is 0. The van der Waals surface area contributed by atoms with Crippen molar-refractivity contribution in [1.29, 1.82) is 0 Å². The monoisotopic (exact) mass is 288 g/mol. The third kappa shape index (κ3) is 2.81. The molecule has 1 aromatic rings. The molecule has 0 aliphatic heterocycles. The van der Waals surface area contributed by atoms with Gasteiger partial charge in [0.05, 0.1) is 0 Å². The van der Waals surface area contributed by atoms with Crippen LogP contribution in [0.1, 0.15) is 69.1 Å². The Morgan fingerprint density at radius 2 is 1.90 bits per heavy atom. The number of hydrogen-bond acceptors (Lipinski definition) is 0. The van der Waals surface area contributed by atoms with Gasteiger partial charge in [0.2, 0.25) is 0 Å². The zero-order valence-electron chi connectivity index (χ0n) is 12.9. The zero-order valence-corrected chi connectivity index (χ0v) is 13.6. The summed E-state index contributed by atoms with van der Waals surface area (Å²) in [5, 5.41) is 0.926. The largest absolute Gasteiger partial charge is 0.0837 e. The van der Waals surface area contributed by atoms with Gasteiger partial charge >= 0.3 is 0 Å². The number of allylic oxidation sites excluding steroid dienone is 1. The average Bonchev–Trinajstić information content (AvgIpc) is 3.19. The number of hydrogen-bond donors (Lipinski definition) is 0. The minimum atomic E-state index is 0.334. The normalized spacial score (nSPS) is 23.1. The molecule has 1 heteroatoms. The van der Waals surface area contributed by atoms with Crippen molar-refractivity contribution in [3.63, 3.8) is 0 Å². The molecular formula is C19H25Cl. The highest BCUT2D eigenvalue weighted by Crippen LogP contribution is 2.45. The Kier molecular flexibility index (Phi) is 3.71. The van der Waals surface area contributed by atoms with Crippen molar-refractivity contribution >= 4 is 17.7 Å². The fraction of sp³-hybridized carbons (Fsp3) is 0.579. The number of halogens is 1. The first-order chi connectivity index (χ1) is 9.47. The van der Waals surface area contributed by atoms with Gasteiger partial charge in [-0.3, -0.25) is 0 Å². The summed E-state index contributed by atoms with van der Waals surface area (Å²) in [5.74, 6) is 1.47. The summed E-state index contributed by atoms with van der Waals surface area (Å²) >= 11 is 6.48. The third-order valence-electron chi connectivity index (χ3n) is 4.84. The highest BCUT2D eigenvalue weighted by molar-refractivity contribution is 6.32. The Labute approximate surface area is 128 Å². The molecule has 20 heavy (non-hydrogen) atoms. The molecule has 0 N–H and O–H groups in total. The molecule has 0 bridgehead atoms. The first-order valence-corrected chi connectivity index (χ1v) is 8.34. The summed E-state index contributed by atoms with van der Waals surface area (Å²) < 4.78 is 0. The van der Waals surface area contributed by atoms with Crippen LogP contribution in [0.5, 0.6) is 0 Å². The first kappa shape index (κ1) is 14.2. The van der Waals surface area contributed by atoms with E-state index < -0.39 is 0 Å². The smallest absolute Gasteiger partial charge is 0.0481 e. The van der Waals surface area contributed by atoms with Gasteiger partial charge in [0.1, 0.15) is 0 Å². The lowest BCUT2D eigenvalue weighted by molar-refractivity contribution is 0.289. The van der Waals surface area contributed by atoms with Crippen molar-refractivity contribution in [3.8, 4) is 0 Å². The third-order valence-corrected chi connectivity index (χ3v) is 5.17. The predicted molar refractivity (Wildman–Crippen MR) is 88.3 cm³/mol. The van der Waals surface area contributed by atoms with Crippen LogP contribution < -0.4 is 0 Å². The second kappa shape index (κ2) is 5.22. The van der Waals surface area contributed by atoms with E-state index in [-0.39, 0.29) is 0 Å². The molecule has 0 amide bonds. The Balaban J connectivity index is 2.03. The van der Waals surface area contributed by atoms with Crippen molar-refractivity contribution in [2.24, 2.45) is 11.3 Å². The van der Waals surface area contributed by atoms with Crippen LogP contribution >= 0.6 is 11.6 Å². The highest BCUT2D eigenvalue weighted by atomic mass is 35.5. The molecule has 1 unspecified atom stereocenters. The molecule has 0 heterocycles. The van der Waals surface area contributed by atoms with Crippen molar-refractivity contribution in [2.45, 2.75) is 58.8 Å². The Morgan fingerprint density at radius 1 is 1.15 bits per heavy atom. The van der Waals surface area contributed by atoms with Gasteiger partial charge in [0.15, 0.2) is 0 Å². The van der Waals surface area contributed by atoms with E-state index in [1.807, 2.05) is 0 Å². The minimum Gasteiger partial charge on any atom is -0.0837 e. The van der Waals surface area contributed by atoms with E-state index in [4.69, 9.17) is 11.6 Å². The predicted octanol–water partition coefficient (Wildman–Crippen LogP) is 6.23. The summed E-state index contributed by atoms with van der Waals surface area (Å²) in [5.41, 5.74) is 4.69. The molecule has 0 aromatic heterocycles. The van der Waals surface area contributed by atoms with Gasteiger partial charge in [-0.05, 0) is 72.1 Å². The number of fused-ring (bicyclic) bond motifs is 1. The van der Waals surface area contributed by atoms with Crippen LogP contribution in [0.3, 0.4) is 0 Å². The van der Waals surface area contributed by atoms with Crippen LogP contribution in [0.25, 0.3) is 6.08 Å². The lowest BCUT2D eigenvalue weighted by atomic mass is 9.68. The first-order valence-electron chi connectivity index (χ1n) is 7.96. The van der Waals surface area contributed by atoms with Gasteiger partial charge in [-0.15, -0.1) is 0 Å². The maximum atomic E-state index is 6.48. The molecule has 0 saturated heterocycles. The van der Waals surface area contributed by atoms with Crippen molar-refractivity contribution in [1.82, 2.24) is 0 Å². The van der Waals surface area contributed by atoms with Crippen LogP contribution in [0.2, 0.25) is 5.02 Å². The highest BCUT2D eigenvalue weighted by Gasteiger charge is 2.31. The molecule has 3 rings (SSSR count).